The lowest BCUT2D eigenvalue weighted by molar-refractivity contribution is 0.245. The van der Waals surface area contributed by atoms with Gasteiger partial charge in [0.1, 0.15) is 5.76 Å². The Morgan fingerprint density at radius 3 is 2.50 bits per heavy atom. The van der Waals surface area contributed by atoms with Crippen molar-refractivity contribution in [2.45, 2.75) is 13.8 Å². The molecular weight excluding hydrogens is 238 g/mol. The zero-order valence-electron chi connectivity index (χ0n) is 10.5. The van der Waals surface area contributed by atoms with Crippen LogP contribution >= 0.6 is 0 Å². The minimum absolute atomic E-state index is 0.583. The first-order valence-electron chi connectivity index (χ1n) is 5.25. The minimum Gasteiger partial charge on any atom is -0.467 e. The number of carbonyl (C=O) groups excluding carboxylic acids is 1. The first kappa shape index (κ1) is 12.1. The third kappa shape index (κ3) is 1.71. The molecule has 0 aliphatic rings. The van der Waals surface area contributed by atoms with Crippen molar-refractivity contribution in [3.63, 3.8) is 0 Å². The van der Waals surface area contributed by atoms with E-state index in [2.05, 4.69) is 10.4 Å². The number of nitrogens with zero attached hydrogens (tertiary/aromatic N) is 5. The van der Waals surface area contributed by atoms with Crippen molar-refractivity contribution in [2.24, 2.45) is 7.05 Å². The Hall–Kier alpha value is -2.38. The molecule has 1 amide bonds. The van der Waals surface area contributed by atoms with Crippen LogP contribution in [-0.4, -0.2) is 32.9 Å². The highest BCUT2D eigenvalue weighted by Crippen LogP contribution is 2.25. The Labute approximate surface area is 102 Å². The quantitative estimate of drug-likeness (QED) is 0.680. The van der Waals surface area contributed by atoms with E-state index in [-0.39, 0.29) is 0 Å². The number of amides is 1. The van der Waals surface area contributed by atoms with Crippen LogP contribution in [0.3, 0.4) is 0 Å². The molecule has 0 saturated heterocycles. The number of tetrazole rings is 1. The molecule has 0 spiro atoms. The van der Waals surface area contributed by atoms with Crippen LogP contribution in [0.1, 0.15) is 11.3 Å². The minimum atomic E-state index is -0.592. The molecule has 8 nitrogen and oxygen atoms in total. The fourth-order valence-corrected chi connectivity index (χ4v) is 1.74. The van der Waals surface area contributed by atoms with E-state index in [0.717, 1.165) is 10.2 Å². The van der Waals surface area contributed by atoms with Gasteiger partial charge in [-0.25, -0.2) is 9.59 Å². The van der Waals surface area contributed by atoms with Gasteiger partial charge < -0.3 is 4.42 Å². The summed E-state index contributed by atoms with van der Waals surface area (Å²) in [4.78, 5) is 25.0. The second kappa shape index (κ2) is 4.13. The smallest absolute Gasteiger partial charge is 0.372 e. The topological polar surface area (TPSA) is 86.2 Å². The van der Waals surface area contributed by atoms with Crippen molar-refractivity contribution in [2.75, 3.05) is 11.9 Å². The lowest BCUT2D eigenvalue weighted by Gasteiger charge is -2.15. The molecule has 0 unspecified atom stereocenters. The summed E-state index contributed by atoms with van der Waals surface area (Å²) < 4.78 is 6.90. The summed E-state index contributed by atoms with van der Waals surface area (Å²) in [5.74, 6) is 0.597. The van der Waals surface area contributed by atoms with Crippen LogP contribution in [0.4, 0.5) is 10.5 Å². The van der Waals surface area contributed by atoms with Gasteiger partial charge in [0, 0.05) is 19.7 Å². The van der Waals surface area contributed by atoms with E-state index in [1.165, 1.54) is 11.9 Å². The van der Waals surface area contributed by atoms with Crippen molar-refractivity contribution in [1.29, 1.82) is 0 Å². The summed E-state index contributed by atoms with van der Waals surface area (Å²) in [6.45, 7) is 3.56. The van der Waals surface area contributed by atoms with Crippen LogP contribution in [0.5, 0.6) is 0 Å². The maximum atomic E-state index is 12.1. The molecule has 0 N–H and O–H groups in total. The predicted octanol–water partition coefficient (Wildman–Crippen LogP) is 0.291. The van der Waals surface area contributed by atoms with E-state index in [4.69, 9.17) is 4.42 Å². The maximum Gasteiger partial charge on any atom is 0.372 e. The first-order valence-corrected chi connectivity index (χ1v) is 5.25. The summed E-state index contributed by atoms with van der Waals surface area (Å²) >= 11 is 0. The number of aromatic nitrogens is 4. The molecule has 2 aromatic heterocycles. The Balaban J connectivity index is 2.41. The molecule has 0 aliphatic heterocycles. The van der Waals surface area contributed by atoms with Gasteiger partial charge in [-0.1, -0.05) is 0 Å². The van der Waals surface area contributed by atoms with E-state index in [9.17, 15) is 9.59 Å². The molecule has 2 aromatic rings. The van der Waals surface area contributed by atoms with E-state index >= 15 is 0 Å². The standard InChI is InChI=1S/C10H13N5O3/c1-6-5-18-7(2)8(6)13(3)9(16)15-10(17)14(4)11-12-15/h5H,1-4H3. The first-order chi connectivity index (χ1) is 8.43. The van der Waals surface area contributed by atoms with Gasteiger partial charge >= 0.3 is 11.7 Å². The summed E-state index contributed by atoms with van der Waals surface area (Å²) in [5, 5.41) is 6.99. The second-order valence-corrected chi connectivity index (χ2v) is 3.96. The van der Waals surface area contributed by atoms with Crippen LogP contribution in [-0.2, 0) is 7.05 Å². The lowest BCUT2D eigenvalue weighted by atomic mass is 10.2. The number of rotatable bonds is 1. The van der Waals surface area contributed by atoms with E-state index in [1.54, 1.807) is 20.2 Å². The second-order valence-electron chi connectivity index (χ2n) is 3.96. The van der Waals surface area contributed by atoms with Gasteiger partial charge in [0.2, 0.25) is 0 Å². The van der Waals surface area contributed by atoms with Crippen LogP contribution in [0.25, 0.3) is 0 Å². The van der Waals surface area contributed by atoms with Gasteiger partial charge in [-0.15, -0.1) is 4.68 Å². The Morgan fingerprint density at radius 1 is 1.39 bits per heavy atom. The molecule has 2 heterocycles. The molecule has 96 valence electrons. The number of furan rings is 1. The van der Waals surface area contributed by atoms with E-state index in [1.807, 2.05) is 6.92 Å². The monoisotopic (exact) mass is 251 g/mol. The van der Waals surface area contributed by atoms with Crippen LogP contribution < -0.4 is 10.6 Å². The number of carbonyl (C=O) groups is 1. The molecule has 8 heteroatoms. The fraction of sp³-hybridized carbons (Fsp3) is 0.400. The van der Waals surface area contributed by atoms with Gasteiger partial charge in [-0.2, -0.15) is 4.68 Å². The number of aryl methyl sites for hydroxylation is 3. The van der Waals surface area contributed by atoms with Crippen LogP contribution in [0.15, 0.2) is 15.5 Å². The van der Waals surface area contributed by atoms with Gasteiger partial charge in [-0.3, -0.25) is 4.90 Å². The molecule has 0 saturated carbocycles. The molecule has 0 bridgehead atoms. The highest BCUT2D eigenvalue weighted by Gasteiger charge is 2.22. The third-order valence-electron chi connectivity index (χ3n) is 2.64. The summed E-state index contributed by atoms with van der Waals surface area (Å²) in [6, 6.07) is -0.583. The number of hydrogen-bond acceptors (Lipinski definition) is 5. The maximum absolute atomic E-state index is 12.1. The van der Waals surface area contributed by atoms with E-state index in [0.29, 0.717) is 16.1 Å². The molecule has 2 rings (SSSR count). The highest BCUT2D eigenvalue weighted by atomic mass is 16.3. The summed E-state index contributed by atoms with van der Waals surface area (Å²) in [7, 11) is 2.97. The molecule has 0 aliphatic carbocycles. The average Bonchev–Trinajstić information content (AvgIpc) is 2.83. The number of hydrogen-bond donors (Lipinski definition) is 0. The average molecular weight is 251 g/mol. The van der Waals surface area contributed by atoms with Crippen molar-refractivity contribution in [3.05, 3.63) is 28.1 Å². The predicted molar refractivity (Wildman–Crippen MR) is 62.6 cm³/mol. The van der Waals surface area contributed by atoms with Gasteiger partial charge in [0.05, 0.1) is 12.0 Å². The van der Waals surface area contributed by atoms with Crippen LogP contribution in [0.2, 0.25) is 0 Å². The Morgan fingerprint density at radius 2 is 2.06 bits per heavy atom. The Bertz CT molecular complexity index is 631. The van der Waals surface area contributed by atoms with Gasteiger partial charge in [0.25, 0.3) is 0 Å². The van der Waals surface area contributed by atoms with Crippen molar-refractivity contribution < 1.29 is 9.21 Å². The highest BCUT2D eigenvalue weighted by molar-refractivity contribution is 5.93. The Kier molecular flexibility index (Phi) is 2.77. The van der Waals surface area contributed by atoms with Crippen LogP contribution in [0, 0.1) is 13.8 Å². The normalized spacial score (nSPS) is 10.7. The van der Waals surface area contributed by atoms with Gasteiger partial charge in [-0.05, 0) is 24.3 Å². The SMILES string of the molecule is Cc1coc(C)c1N(C)C(=O)n1nnn(C)c1=O. The number of anilines is 1. The molecule has 0 atom stereocenters. The molecule has 0 radical (unpaired) electrons. The molecule has 0 fully saturated rings. The fourth-order valence-electron chi connectivity index (χ4n) is 1.74. The van der Waals surface area contributed by atoms with Crippen molar-refractivity contribution in [1.82, 2.24) is 19.8 Å². The molecule has 18 heavy (non-hydrogen) atoms. The van der Waals surface area contributed by atoms with Gasteiger partial charge in [0.15, 0.2) is 0 Å². The zero-order chi connectivity index (χ0) is 13.4. The zero-order valence-corrected chi connectivity index (χ0v) is 10.5. The summed E-state index contributed by atoms with van der Waals surface area (Å²) in [5.41, 5.74) is 0.837. The van der Waals surface area contributed by atoms with Crippen molar-refractivity contribution >= 4 is 11.7 Å². The lowest BCUT2D eigenvalue weighted by Crippen LogP contribution is -2.39. The molecular formula is C10H13N5O3. The third-order valence-corrected chi connectivity index (χ3v) is 2.64. The summed E-state index contributed by atoms with van der Waals surface area (Å²) in [6.07, 6.45) is 1.55. The van der Waals surface area contributed by atoms with E-state index < -0.39 is 11.7 Å². The molecule has 0 aromatic carbocycles. The largest absolute Gasteiger partial charge is 0.467 e. The van der Waals surface area contributed by atoms with Crippen molar-refractivity contribution in [3.8, 4) is 0 Å².